The maximum absolute atomic E-state index is 11.3. The van der Waals surface area contributed by atoms with Crippen LogP contribution >= 0.6 is 0 Å². The van der Waals surface area contributed by atoms with Gasteiger partial charge in [0.25, 0.3) is 5.91 Å². The zero-order chi connectivity index (χ0) is 14.4. The van der Waals surface area contributed by atoms with Crippen molar-refractivity contribution in [2.45, 2.75) is 26.3 Å². The third-order valence-electron chi connectivity index (χ3n) is 3.47. The van der Waals surface area contributed by atoms with Crippen LogP contribution in [0, 0.1) is 0 Å². The summed E-state index contributed by atoms with van der Waals surface area (Å²) in [5.74, 6) is -0.468. The van der Waals surface area contributed by atoms with E-state index in [2.05, 4.69) is 31.1 Å². The first-order valence-electron chi connectivity index (χ1n) is 6.59. The lowest BCUT2D eigenvalue weighted by atomic mass is 10.1. The summed E-state index contributed by atoms with van der Waals surface area (Å²) in [5, 5.41) is 3.21. The number of anilines is 2. The SMILES string of the molecule is CCC(C)N(C)CCNc1c(N)cccc1C(N)=O. The van der Waals surface area contributed by atoms with E-state index >= 15 is 0 Å². The summed E-state index contributed by atoms with van der Waals surface area (Å²) in [7, 11) is 2.08. The number of amides is 1. The topological polar surface area (TPSA) is 84.4 Å². The van der Waals surface area contributed by atoms with E-state index in [1.165, 1.54) is 0 Å². The molecule has 1 atom stereocenters. The molecule has 0 aliphatic heterocycles. The van der Waals surface area contributed by atoms with Crippen LogP contribution in [0.2, 0.25) is 0 Å². The number of rotatable bonds is 7. The van der Waals surface area contributed by atoms with Crippen molar-refractivity contribution in [1.29, 1.82) is 0 Å². The molecule has 5 heteroatoms. The number of para-hydroxylation sites is 1. The summed E-state index contributed by atoms with van der Waals surface area (Å²) in [5.41, 5.74) is 12.8. The Labute approximate surface area is 115 Å². The lowest BCUT2D eigenvalue weighted by molar-refractivity contribution is 0.100. The highest BCUT2D eigenvalue weighted by molar-refractivity contribution is 6.01. The number of hydrogen-bond donors (Lipinski definition) is 3. The minimum absolute atomic E-state index is 0.436. The first-order valence-corrected chi connectivity index (χ1v) is 6.59. The third kappa shape index (κ3) is 4.13. The smallest absolute Gasteiger partial charge is 0.250 e. The summed E-state index contributed by atoms with van der Waals surface area (Å²) in [6.07, 6.45) is 1.11. The van der Waals surface area contributed by atoms with Crippen LogP contribution in [-0.4, -0.2) is 37.0 Å². The van der Waals surface area contributed by atoms with Gasteiger partial charge in [-0.05, 0) is 32.5 Å². The van der Waals surface area contributed by atoms with Gasteiger partial charge >= 0.3 is 0 Å². The minimum atomic E-state index is -0.468. The molecule has 0 radical (unpaired) electrons. The molecule has 0 aliphatic carbocycles. The first kappa shape index (κ1) is 15.3. The Morgan fingerprint density at radius 3 is 2.74 bits per heavy atom. The summed E-state index contributed by atoms with van der Waals surface area (Å²) in [6.45, 7) is 5.94. The fourth-order valence-corrected chi connectivity index (χ4v) is 1.86. The van der Waals surface area contributed by atoms with Crippen LogP contribution in [0.3, 0.4) is 0 Å². The van der Waals surface area contributed by atoms with Crippen molar-refractivity contribution in [3.05, 3.63) is 23.8 Å². The number of nitrogens with one attached hydrogen (secondary N) is 1. The molecule has 1 unspecified atom stereocenters. The maximum atomic E-state index is 11.3. The van der Waals surface area contributed by atoms with Gasteiger partial charge in [-0.3, -0.25) is 4.79 Å². The minimum Gasteiger partial charge on any atom is -0.397 e. The average Bonchev–Trinajstić information content (AvgIpc) is 2.39. The van der Waals surface area contributed by atoms with E-state index in [0.29, 0.717) is 23.0 Å². The Bertz CT molecular complexity index is 433. The van der Waals surface area contributed by atoms with Crippen LogP contribution in [0.15, 0.2) is 18.2 Å². The van der Waals surface area contributed by atoms with Crippen molar-refractivity contribution in [1.82, 2.24) is 4.90 Å². The molecule has 5 nitrogen and oxygen atoms in total. The number of nitrogens with two attached hydrogens (primary N) is 2. The fraction of sp³-hybridized carbons (Fsp3) is 0.500. The molecule has 19 heavy (non-hydrogen) atoms. The second-order valence-corrected chi connectivity index (χ2v) is 4.80. The molecule has 0 fully saturated rings. The molecular formula is C14H24N4O. The van der Waals surface area contributed by atoms with E-state index in [4.69, 9.17) is 11.5 Å². The molecule has 5 N–H and O–H groups in total. The van der Waals surface area contributed by atoms with Gasteiger partial charge in [0.1, 0.15) is 0 Å². The summed E-state index contributed by atoms with van der Waals surface area (Å²) >= 11 is 0. The van der Waals surface area contributed by atoms with Gasteiger partial charge in [-0.1, -0.05) is 13.0 Å². The van der Waals surface area contributed by atoms with Crippen LogP contribution in [-0.2, 0) is 0 Å². The molecule has 0 saturated heterocycles. The van der Waals surface area contributed by atoms with Crippen LogP contribution in [0.4, 0.5) is 11.4 Å². The largest absolute Gasteiger partial charge is 0.397 e. The number of hydrogen-bond acceptors (Lipinski definition) is 4. The van der Waals surface area contributed by atoms with Crippen molar-refractivity contribution in [3.63, 3.8) is 0 Å². The van der Waals surface area contributed by atoms with Crippen molar-refractivity contribution in [3.8, 4) is 0 Å². The van der Waals surface area contributed by atoms with E-state index in [1.54, 1.807) is 18.2 Å². The van der Waals surface area contributed by atoms with E-state index in [9.17, 15) is 4.79 Å². The van der Waals surface area contributed by atoms with Gasteiger partial charge < -0.3 is 21.7 Å². The van der Waals surface area contributed by atoms with Gasteiger partial charge in [0.15, 0.2) is 0 Å². The summed E-state index contributed by atoms with van der Waals surface area (Å²) < 4.78 is 0. The molecule has 0 spiro atoms. The highest BCUT2D eigenvalue weighted by atomic mass is 16.1. The van der Waals surface area contributed by atoms with E-state index in [-0.39, 0.29) is 0 Å². The standard InChI is InChI=1S/C14H24N4O/c1-4-10(2)18(3)9-8-17-13-11(14(16)19)6-5-7-12(13)15/h5-7,10,17H,4,8-9,15H2,1-3H3,(H2,16,19). The molecule has 0 aromatic heterocycles. The van der Waals surface area contributed by atoms with Gasteiger partial charge in [0.05, 0.1) is 16.9 Å². The normalized spacial score (nSPS) is 12.4. The van der Waals surface area contributed by atoms with Gasteiger partial charge in [-0.2, -0.15) is 0 Å². The number of benzene rings is 1. The molecule has 1 rings (SSSR count). The molecule has 1 aromatic carbocycles. The summed E-state index contributed by atoms with van der Waals surface area (Å²) in [4.78, 5) is 13.6. The second kappa shape index (κ2) is 6.99. The van der Waals surface area contributed by atoms with Crippen molar-refractivity contribution in [2.75, 3.05) is 31.2 Å². The number of carbonyl (C=O) groups excluding carboxylic acids is 1. The second-order valence-electron chi connectivity index (χ2n) is 4.80. The average molecular weight is 264 g/mol. The molecule has 1 aromatic rings. The van der Waals surface area contributed by atoms with E-state index in [0.717, 1.165) is 19.5 Å². The highest BCUT2D eigenvalue weighted by Crippen LogP contribution is 2.22. The predicted molar refractivity (Wildman–Crippen MR) is 80.2 cm³/mol. The monoisotopic (exact) mass is 264 g/mol. The number of likely N-dealkylation sites (N-methyl/N-ethyl adjacent to an activating group) is 1. The third-order valence-corrected chi connectivity index (χ3v) is 3.47. The quantitative estimate of drug-likeness (QED) is 0.652. The van der Waals surface area contributed by atoms with Gasteiger partial charge in [-0.25, -0.2) is 0 Å². The molecule has 0 aliphatic rings. The number of carbonyl (C=O) groups is 1. The Hall–Kier alpha value is -1.75. The van der Waals surface area contributed by atoms with Crippen molar-refractivity contribution in [2.24, 2.45) is 5.73 Å². The predicted octanol–water partition coefficient (Wildman–Crippen LogP) is 1.51. The Morgan fingerprint density at radius 2 is 2.16 bits per heavy atom. The number of nitrogen functional groups attached to an aromatic ring is 1. The Morgan fingerprint density at radius 1 is 1.47 bits per heavy atom. The van der Waals surface area contributed by atoms with Crippen molar-refractivity contribution < 1.29 is 4.79 Å². The molecule has 106 valence electrons. The zero-order valence-electron chi connectivity index (χ0n) is 11.9. The molecular weight excluding hydrogens is 240 g/mol. The first-order chi connectivity index (χ1) is 8.97. The maximum Gasteiger partial charge on any atom is 0.250 e. The van der Waals surface area contributed by atoms with Gasteiger partial charge in [0.2, 0.25) is 0 Å². The van der Waals surface area contributed by atoms with E-state index in [1.807, 2.05) is 0 Å². The summed E-state index contributed by atoms with van der Waals surface area (Å²) in [6, 6.07) is 5.70. The van der Waals surface area contributed by atoms with Gasteiger partial charge in [0, 0.05) is 19.1 Å². The van der Waals surface area contributed by atoms with Crippen molar-refractivity contribution >= 4 is 17.3 Å². The number of primary amides is 1. The van der Waals surface area contributed by atoms with Crippen LogP contribution in [0.25, 0.3) is 0 Å². The van der Waals surface area contributed by atoms with Crippen LogP contribution in [0.1, 0.15) is 30.6 Å². The molecule has 1 amide bonds. The molecule has 0 bridgehead atoms. The van der Waals surface area contributed by atoms with Gasteiger partial charge in [-0.15, -0.1) is 0 Å². The van der Waals surface area contributed by atoms with Crippen LogP contribution < -0.4 is 16.8 Å². The van der Waals surface area contributed by atoms with E-state index < -0.39 is 5.91 Å². The highest BCUT2D eigenvalue weighted by Gasteiger charge is 2.11. The molecule has 0 saturated carbocycles. The Kier molecular flexibility index (Phi) is 5.63. The molecule has 0 heterocycles. The lowest BCUT2D eigenvalue weighted by Crippen LogP contribution is -2.33. The fourth-order valence-electron chi connectivity index (χ4n) is 1.86. The zero-order valence-corrected chi connectivity index (χ0v) is 11.9. The lowest BCUT2D eigenvalue weighted by Gasteiger charge is -2.24. The van der Waals surface area contributed by atoms with Crippen LogP contribution in [0.5, 0.6) is 0 Å². The Balaban J connectivity index is 2.65. The number of nitrogens with zero attached hydrogens (tertiary/aromatic N) is 1.